The Morgan fingerprint density at radius 3 is 2.55 bits per heavy atom. The molecule has 0 saturated carbocycles. The molecule has 20 heavy (non-hydrogen) atoms. The molecule has 1 aliphatic heterocycles. The summed E-state index contributed by atoms with van der Waals surface area (Å²) in [5, 5.41) is 3.38. The maximum absolute atomic E-state index is 12.2. The second-order valence-corrected chi connectivity index (χ2v) is 5.78. The summed E-state index contributed by atoms with van der Waals surface area (Å²) in [7, 11) is 0. The smallest absolute Gasteiger partial charge is 0.239 e. The minimum atomic E-state index is -0.0993. The van der Waals surface area contributed by atoms with Crippen LogP contribution in [0.4, 0.5) is 0 Å². The molecule has 1 saturated heterocycles. The molecule has 1 unspecified atom stereocenters. The summed E-state index contributed by atoms with van der Waals surface area (Å²) in [6.07, 6.45) is 2.30. The average Bonchev–Trinajstić information content (AvgIpc) is 3.04. The number of carbonyl (C=O) groups excluding carboxylic acids is 1. The summed E-state index contributed by atoms with van der Waals surface area (Å²) in [5.74, 6) is 0.242. The highest BCUT2D eigenvalue weighted by molar-refractivity contribution is 5.81. The highest BCUT2D eigenvalue weighted by Gasteiger charge is 2.23. The number of amides is 1. The van der Waals surface area contributed by atoms with Crippen LogP contribution in [0.3, 0.4) is 0 Å². The second-order valence-electron chi connectivity index (χ2n) is 5.78. The first-order valence-corrected chi connectivity index (χ1v) is 7.72. The predicted octanol–water partition coefficient (Wildman–Crippen LogP) is 2.23. The molecule has 4 heteroatoms. The fraction of sp³-hybridized carbons (Fsp3) is 0.688. The number of hydrogen-bond acceptors (Lipinski definition) is 2. The van der Waals surface area contributed by atoms with E-state index >= 15 is 0 Å². The van der Waals surface area contributed by atoms with Gasteiger partial charge in [-0.15, -0.1) is 0 Å². The number of aryl methyl sites for hydroxylation is 1. The Kier molecular flexibility index (Phi) is 4.86. The third kappa shape index (κ3) is 3.06. The van der Waals surface area contributed by atoms with E-state index in [9.17, 15) is 4.79 Å². The van der Waals surface area contributed by atoms with Gasteiger partial charge < -0.3 is 14.8 Å². The molecule has 112 valence electrons. The van der Waals surface area contributed by atoms with Crippen LogP contribution >= 0.6 is 0 Å². The highest BCUT2D eigenvalue weighted by Crippen LogP contribution is 2.15. The Bertz CT molecular complexity index is 472. The quantitative estimate of drug-likeness (QED) is 0.896. The maximum atomic E-state index is 12.2. The lowest BCUT2D eigenvalue weighted by Crippen LogP contribution is -2.43. The molecular weight excluding hydrogens is 250 g/mol. The molecule has 1 aromatic rings. The number of nitrogens with zero attached hydrogens (tertiary/aromatic N) is 2. The second kappa shape index (κ2) is 6.44. The standard InChI is InChI=1S/C16H27N3O/c1-5-19-12(2)10-15(14(19)4)11-17-13(3)16(20)18-8-6-7-9-18/h10,13,17H,5-9,11H2,1-4H3. The zero-order valence-electron chi connectivity index (χ0n) is 13.2. The lowest BCUT2D eigenvalue weighted by atomic mass is 10.2. The van der Waals surface area contributed by atoms with Crippen molar-refractivity contribution in [2.24, 2.45) is 0 Å². The van der Waals surface area contributed by atoms with Crippen LogP contribution in [0.5, 0.6) is 0 Å². The molecule has 1 atom stereocenters. The molecule has 0 aromatic carbocycles. The van der Waals surface area contributed by atoms with Crippen LogP contribution in [0.15, 0.2) is 6.07 Å². The third-order valence-electron chi connectivity index (χ3n) is 4.38. The number of nitrogens with one attached hydrogen (secondary N) is 1. The molecular formula is C16H27N3O. The van der Waals surface area contributed by atoms with Crippen molar-refractivity contribution >= 4 is 5.91 Å². The molecule has 1 N–H and O–H groups in total. The van der Waals surface area contributed by atoms with E-state index in [1.54, 1.807) is 0 Å². The van der Waals surface area contributed by atoms with Crippen molar-refractivity contribution in [3.8, 4) is 0 Å². The normalized spacial score (nSPS) is 16.7. The van der Waals surface area contributed by atoms with E-state index < -0.39 is 0 Å². The van der Waals surface area contributed by atoms with E-state index in [1.165, 1.54) is 17.0 Å². The first-order chi connectivity index (χ1) is 9.54. The Balaban J connectivity index is 1.93. The number of likely N-dealkylation sites (tertiary alicyclic amines) is 1. The monoisotopic (exact) mass is 277 g/mol. The van der Waals surface area contributed by atoms with Crippen molar-refractivity contribution < 1.29 is 4.79 Å². The summed E-state index contributed by atoms with van der Waals surface area (Å²) in [6.45, 7) is 12.0. The third-order valence-corrected chi connectivity index (χ3v) is 4.38. The van der Waals surface area contributed by atoms with Crippen LogP contribution in [-0.4, -0.2) is 34.5 Å². The van der Waals surface area contributed by atoms with Crippen molar-refractivity contribution in [2.45, 2.75) is 59.7 Å². The van der Waals surface area contributed by atoms with Gasteiger partial charge in [-0.3, -0.25) is 4.79 Å². The Morgan fingerprint density at radius 1 is 1.35 bits per heavy atom. The molecule has 0 spiro atoms. The van der Waals surface area contributed by atoms with E-state index in [0.717, 1.165) is 39.0 Å². The summed E-state index contributed by atoms with van der Waals surface area (Å²) < 4.78 is 2.31. The molecule has 1 amide bonds. The van der Waals surface area contributed by atoms with Crippen molar-refractivity contribution in [2.75, 3.05) is 13.1 Å². The molecule has 1 aromatic heterocycles. The van der Waals surface area contributed by atoms with Gasteiger partial charge in [-0.25, -0.2) is 0 Å². The van der Waals surface area contributed by atoms with Gasteiger partial charge >= 0.3 is 0 Å². The van der Waals surface area contributed by atoms with E-state index in [4.69, 9.17) is 0 Å². The number of hydrogen-bond donors (Lipinski definition) is 1. The van der Waals surface area contributed by atoms with Gasteiger partial charge in [0.05, 0.1) is 6.04 Å². The summed E-state index contributed by atoms with van der Waals surface area (Å²) >= 11 is 0. The van der Waals surface area contributed by atoms with Crippen LogP contribution in [-0.2, 0) is 17.9 Å². The first kappa shape index (κ1) is 15.1. The molecule has 1 aliphatic rings. The first-order valence-electron chi connectivity index (χ1n) is 7.72. The number of carbonyl (C=O) groups is 1. The summed E-state index contributed by atoms with van der Waals surface area (Å²) in [5.41, 5.74) is 3.89. The van der Waals surface area contributed by atoms with E-state index in [0.29, 0.717) is 0 Å². The van der Waals surface area contributed by atoms with Gasteiger partial charge in [0, 0.05) is 37.6 Å². The van der Waals surface area contributed by atoms with Crippen molar-refractivity contribution in [3.63, 3.8) is 0 Å². The van der Waals surface area contributed by atoms with Gasteiger partial charge in [0.1, 0.15) is 0 Å². The fourth-order valence-electron chi connectivity index (χ4n) is 3.10. The van der Waals surface area contributed by atoms with Crippen LogP contribution < -0.4 is 5.32 Å². The average molecular weight is 277 g/mol. The van der Waals surface area contributed by atoms with Crippen LogP contribution in [0, 0.1) is 13.8 Å². The van der Waals surface area contributed by atoms with Gasteiger partial charge in [-0.1, -0.05) is 0 Å². The SMILES string of the molecule is CCn1c(C)cc(CNC(C)C(=O)N2CCCC2)c1C. The summed E-state index contributed by atoms with van der Waals surface area (Å²) in [4.78, 5) is 14.2. The maximum Gasteiger partial charge on any atom is 0.239 e. The molecule has 0 radical (unpaired) electrons. The van der Waals surface area contributed by atoms with Crippen LogP contribution in [0.25, 0.3) is 0 Å². The number of rotatable bonds is 5. The Hall–Kier alpha value is -1.29. The van der Waals surface area contributed by atoms with Gasteiger partial charge in [0.15, 0.2) is 0 Å². The van der Waals surface area contributed by atoms with E-state index in [1.807, 2.05) is 11.8 Å². The molecule has 2 heterocycles. The minimum absolute atomic E-state index is 0.0993. The fourth-order valence-corrected chi connectivity index (χ4v) is 3.10. The van der Waals surface area contributed by atoms with Crippen molar-refractivity contribution in [1.82, 2.24) is 14.8 Å². The van der Waals surface area contributed by atoms with Crippen molar-refractivity contribution in [3.05, 3.63) is 23.0 Å². The topological polar surface area (TPSA) is 37.3 Å². The van der Waals surface area contributed by atoms with E-state index in [2.05, 4.69) is 36.7 Å². The van der Waals surface area contributed by atoms with Gasteiger partial charge in [0.2, 0.25) is 5.91 Å². The van der Waals surface area contributed by atoms with Gasteiger partial charge in [-0.05, 0) is 52.2 Å². The zero-order chi connectivity index (χ0) is 14.7. The lowest BCUT2D eigenvalue weighted by molar-refractivity contribution is -0.131. The highest BCUT2D eigenvalue weighted by atomic mass is 16.2. The van der Waals surface area contributed by atoms with Crippen LogP contribution in [0.2, 0.25) is 0 Å². The molecule has 1 fully saturated rings. The Labute approximate surface area is 122 Å². The molecule has 0 bridgehead atoms. The molecule has 4 nitrogen and oxygen atoms in total. The lowest BCUT2D eigenvalue weighted by Gasteiger charge is -2.21. The zero-order valence-corrected chi connectivity index (χ0v) is 13.2. The largest absolute Gasteiger partial charge is 0.349 e. The van der Waals surface area contributed by atoms with Crippen LogP contribution in [0.1, 0.15) is 43.6 Å². The Morgan fingerprint density at radius 2 is 2.00 bits per heavy atom. The van der Waals surface area contributed by atoms with Crippen molar-refractivity contribution in [1.29, 1.82) is 0 Å². The minimum Gasteiger partial charge on any atom is -0.349 e. The molecule has 0 aliphatic carbocycles. The predicted molar refractivity (Wildman–Crippen MR) is 81.7 cm³/mol. The number of aromatic nitrogens is 1. The molecule has 2 rings (SSSR count). The summed E-state index contributed by atoms with van der Waals surface area (Å²) in [6, 6.07) is 2.12. The van der Waals surface area contributed by atoms with E-state index in [-0.39, 0.29) is 11.9 Å². The van der Waals surface area contributed by atoms with Gasteiger partial charge in [-0.2, -0.15) is 0 Å². The van der Waals surface area contributed by atoms with Gasteiger partial charge in [0.25, 0.3) is 0 Å².